The van der Waals surface area contributed by atoms with Gasteiger partial charge in [-0.05, 0) is 55.7 Å². The smallest absolute Gasteiger partial charge is 0.240 e. The molecule has 0 unspecified atom stereocenters. The lowest BCUT2D eigenvalue weighted by Gasteiger charge is -2.29. The van der Waals surface area contributed by atoms with E-state index in [-0.39, 0.29) is 0 Å². The summed E-state index contributed by atoms with van der Waals surface area (Å²) in [5.74, 6) is 2.46. The van der Waals surface area contributed by atoms with Crippen molar-refractivity contribution in [1.82, 2.24) is 14.7 Å². The monoisotopic (exact) mass is 478 g/mol. The van der Waals surface area contributed by atoms with Crippen molar-refractivity contribution in [2.24, 2.45) is 11.8 Å². The van der Waals surface area contributed by atoms with E-state index in [1.54, 1.807) is 12.1 Å². The van der Waals surface area contributed by atoms with Crippen LogP contribution in [-0.4, -0.2) is 52.9 Å². The molecular formula is C25H33BN5O2S. The van der Waals surface area contributed by atoms with Crippen molar-refractivity contribution in [2.45, 2.75) is 37.4 Å². The number of para-hydroxylation sites is 1. The predicted octanol–water partition coefficient (Wildman–Crippen LogP) is 3.27. The summed E-state index contributed by atoms with van der Waals surface area (Å²) in [6, 6.07) is 15.2. The van der Waals surface area contributed by atoms with Gasteiger partial charge in [0.15, 0.2) is 0 Å². The van der Waals surface area contributed by atoms with Crippen LogP contribution in [0.4, 0.5) is 11.8 Å². The van der Waals surface area contributed by atoms with Crippen LogP contribution in [0.1, 0.15) is 25.7 Å². The van der Waals surface area contributed by atoms with Crippen LogP contribution in [0.5, 0.6) is 0 Å². The lowest BCUT2D eigenvalue weighted by atomic mass is 9.73. The number of nitrogens with zero attached hydrogens (tertiary/aromatic N) is 3. The Kier molecular flexibility index (Phi) is 7.73. The molecule has 179 valence electrons. The first-order valence-corrected chi connectivity index (χ1v) is 13.4. The van der Waals surface area contributed by atoms with Crippen molar-refractivity contribution in [2.75, 3.05) is 37.4 Å². The maximum absolute atomic E-state index is 12.8. The highest BCUT2D eigenvalue weighted by atomic mass is 32.2. The fraction of sp³-hybridized carbons (Fsp3) is 0.440. The van der Waals surface area contributed by atoms with Gasteiger partial charge in [0.05, 0.1) is 10.4 Å². The molecular weight excluding hydrogens is 445 g/mol. The average Bonchev–Trinajstić information content (AvgIpc) is 2.86. The van der Waals surface area contributed by atoms with Crippen LogP contribution >= 0.6 is 0 Å². The molecule has 1 radical (unpaired) electrons. The van der Waals surface area contributed by atoms with E-state index in [1.165, 1.54) is 0 Å². The summed E-state index contributed by atoms with van der Waals surface area (Å²) in [5.41, 5.74) is 1.67. The van der Waals surface area contributed by atoms with Crippen LogP contribution in [0.3, 0.4) is 0 Å². The Morgan fingerprint density at radius 1 is 0.941 bits per heavy atom. The number of nitrogens with one attached hydrogen (secondary N) is 2. The van der Waals surface area contributed by atoms with Gasteiger partial charge in [-0.3, -0.25) is 0 Å². The van der Waals surface area contributed by atoms with E-state index in [1.807, 2.05) is 69.5 Å². The number of anilines is 2. The average molecular weight is 478 g/mol. The summed E-state index contributed by atoms with van der Waals surface area (Å²) in [4.78, 5) is 11.8. The largest absolute Gasteiger partial charge is 0.362 e. The summed E-state index contributed by atoms with van der Waals surface area (Å²) in [6.45, 7) is 3.16. The molecule has 9 heteroatoms. The Balaban J connectivity index is 1.29. The zero-order chi connectivity index (χ0) is 24.1. The van der Waals surface area contributed by atoms with Gasteiger partial charge in [-0.15, -0.1) is 0 Å². The second-order valence-corrected chi connectivity index (χ2v) is 11.0. The molecule has 0 aliphatic heterocycles. The van der Waals surface area contributed by atoms with Gasteiger partial charge in [-0.1, -0.05) is 42.6 Å². The highest BCUT2D eigenvalue weighted by molar-refractivity contribution is 7.89. The molecule has 0 bridgehead atoms. The molecule has 0 atom stereocenters. The fourth-order valence-electron chi connectivity index (χ4n) is 4.62. The minimum absolute atomic E-state index is 0.350. The molecule has 7 nitrogen and oxygen atoms in total. The number of rotatable bonds is 9. The first kappa shape index (κ1) is 24.5. The number of fused-ring (bicyclic) bond motifs is 1. The van der Waals surface area contributed by atoms with E-state index < -0.39 is 10.0 Å². The van der Waals surface area contributed by atoms with Crippen LogP contribution < -0.4 is 20.4 Å². The number of benzene rings is 2. The van der Waals surface area contributed by atoms with Crippen molar-refractivity contribution in [3.63, 3.8) is 0 Å². The number of hydrogen-bond donors (Lipinski definition) is 2. The van der Waals surface area contributed by atoms with Crippen molar-refractivity contribution in [3.05, 3.63) is 48.5 Å². The maximum atomic E-state index is 12.8. The number of sulfonamides is 1. The quantitative estimate of drug-likeness (QED) is 0.459. The summed E-state index contributed by atoms with van der Waals surface area (Å²) < 4.78 is 28.4. The van der Waals surface area contributed by atoms with Gasteiger partial charge >= 0.3 is 0 Å². The van der Waals surface area contributed by atoms with Gasteiger partial charge in [0.1, 0.15) is 13.1 Å². The van der Waals surface area contributed by atoms with Crippen molar-refractivity contribution < 1.29 is 8.42 Å². The Morgan fingerprint density at radius 2 is 1.59 bits per heavy atom. The zero-order valence-corrected chi connectivity index (χ0v) is 21.0. The van der Waals surface area contributed by atoms with Crippen molar-refractivity contribution >= 4 is 45.4 Å². The highest BCUT2D eigenvalue weighted by Crippen LogP contribution is 2.29. The molecule has 2 aromatic carbocycles. The Hall–Kier alpha value is -2.65. The van der Waals surface area contributed by atoms with Gasteiger partial charge in [0, 0.05) is 32.6 Å². The minimum Gasteiger partial charge on any atom is -0.362 e. The summed E-state index contributed by atoms with van der Waals surface area (Å²) in [5, 5.41) is 4.49. The molecule has 0 amide bonds. The van der Waals surface area contributed by atoms with Crippen LogP contribution in [0.2, 0.25) is 6.82 Å². The molecule has 1 saturated carbocycles. The highest BCUT2D eigenvalue weighted by Gasteiger charge is 2.24. The molecule has 1 aliphatic rings. The minimum atomic E-state index is -3.51. The van der Waals surface area contributed by atoms with Gasteiger partial charge in [0.2, 0.25) is 16.0 Å². The number of aromatic nitrogens is 2. The maximum Gasteiger partial charge on any atom is 0.240 e. The molecule has 0 saturated heterocycles. The van der Waals surface area contributed by atoms with Gasteiger partial charge in [-0.2, -0.15) is 4.98 Å². The Labute approximate surface area is 203 Å². The fourth-order valence-corrected chi connectivity index (χ4v) is 5.99. The Morgan fingerprint density at radius 3 is 2.29 bits per heavy atom. The normalized spacial score (nSPS) is 18.6. The van der Waals surface area contributed by atoms with Crippen LogP contribution in [0, 0.1) is 11.8 Å². The van der Waals surface area contributed by atoms with Crippen LogP contribution in [0.25, 0.3) is 10.9 Å². The molecule has 2 N–H and O–H groups in total. The second kappa shape index (κ2) is 10.7. The summed E-state index contributed by atoms with van der Waals surface area (Å²) >= 11 is 0. The first-order valence-electron chi connectivity index (χ1n) is 11.9. The zero-order valence-electron chi connectivity index (χ0n) is 20.2. The number of hydrogen-bond acceptors (Lipinski definition) is 6. The standard InChI is InChI=1S/C25H33BN5O2S/c1-26-21-9-5-7-11-23(21)34(32,33)28-17-19-14-12-18(13-15-19)16-27-25-29-22-10-6-4-8-20(22)24(30-25)31(2)3/h4-11,18-19,28H,12-17H2,1-3H3,(H,27,29,30). The van der Waals surface area contributed by atoms with Crippen LogP contribution in [0.15, 0.2) is 53.4 Å². The van der Waals surface area contributed by atoms with Gasteiger partial charge in [-0.25, -0.2) is 18.1 Å². The van der Waals surface area contributed by atoms with E-state index in [0.717, 1.165) is 54.4 Å². The third kappa shape index (κ3) is 5.70. The van der Waals surface area contributed by atoms with Crippen molar-refractivity contribution in [3.8, 4) is 0 Å². The summed E-state index contributed by atoms with van der Waals surface area (Å²) in [6.07, 6.45) is 4.15. The topological polar surface area (TPSA) is 87.2 Å². The van der Waals surface area contributed by atoms with E-state index in [9.17, 15) is 8.42 Å². The third-order valence-corrected chi connectivity index (χ3v) is 8.10. The predicted molar refractivity (Wildman–Crippen MR) is 141 cm³/mol. The van der Waals surface area contributed by atoms with Gasteiger partial charge in [0.25, 0.3) is 0 Å². The van der Waals surface area contributed by atoms with E-state index in [2.05, 4.69) is 15.0 Å². The van der Waals surface area contributed by atoms with Crippen molar-refractivity contribution in [1.29, 1.82) is 0 Å². The lowest BCUT2D eigenvalue weighted by Crippen LogP contribution is -2.35. The molecule has 1 fully saturated rings. The molecule has 1 heterocycles. The van der Waals surface area contributed by atoms with E-state index >= 15 is 0 Å². The van der Waals surface area contributed by atoms with E-state index in [0.29, 0.717) is 29.2 Å². The SMILES string of the molecule is C[B]c1ccccc1S(=O)(=O)NCC1CCC(CNc2nc(N(C)C)c3ccccc3n2)CC1. The molecule has 4 rings (SSSR count). The van der Waals surface area contributed by atoms with Gasteiger partial charge < -0.3 is 10.2 Å². The lowest BCUT2D eigenvalue weighted by molar-refractivity contribution is 0.284. The molecule has 1 aromatic heterocycles. The first-order chi connectivity index (χ1) is 16.4. The third-order valence-electron chi connectivity index (χ3n) is 6.60. The summed E-state index contributed by atoms with van der Waals surface area (Å²) in [7, 11) is 2.31. The second-order valence-electron chi connectivity index (χ2n) is 9.23. The molecule has 1 aliphatic carbocycles. The molecule has 3 aromatic rings. The van der Waals surface area contributed by atoms with Crippen LogP contribution in [-0.2, 0) is 10.0 Å². The Bertz CT molecular complexity index is 1230. The molecule has 0 spiro atoms. The van der Waals surface area contributed by atoms with E-state index in [4.69, 9.17) is 4.98 Å². The molecule has 34 heavy (non-hydrogen) atoms.